The predicted molar refractivity (Wildman–Crippen MR) is 82.9 cm³/mol. The average Bonchev–Trinajstić information content (AvgIpc) is 2.32. The molecule has 5 heteroatoms. The molecule has 0 N–H and O–H groups in total. The number of ether oxygens (including phenoxy) is 1. The number of hydrogen-bond donors (Lipinski definition) is 0. The van der Waals surface area contributed by atoms with Gasteiger partial charge in [-0.25, -0.2) is 9.59 Å². The molecule has 0 fully saturated rings. The molecule has 116 valence electrons. The Morgan fingerprint density at radius 2 is 1.30 bits per heavy atom. The van der Waals surface area contributed by atoms with E-state index in [2.05, 4.69) is 41.5 Å². The van der Waals surface area contributed by atoms with E-state index in [1.807, 2.05) is 0 Å². The molecule has 0 aromatic heterocycles. The Kier molecular flexibility index (Phi) is 7.79. The van der Waals surface area contributed by atoms with Crippen molar-refractivity contribution in [1.82, 2.24) is 0 Å². The van der Waals surface area contributed by atoms with E-state index in [1.165, 1.54) is 6.08 Å². The molecule has 0 heterocycles. The van der Waals surface area contributed by atoms with Crippen LogP contribution in [0.4, 0.5) is 0 Å². The van der Waals surface area contributed by atoms with Gasteiger partial charge in [-0.3, -0.25) is 0 Å². The SMILES string of the molecule is CCOC(=O)/C=C\C(=O)O[Si](C(C)C)(C(C)C)C(C)C. The van der Waals surface area contributed by atoms with Gasteiger partial charge in [0.15, 0.2) is 0 Å². The number of carbonyl (C=O) groups is 2. The third kappa shape index (κ3) is 4.78. The highest BCUT2D eigenvalue weighted by Gasteiger charge is 2.47. The third-order valence-corrected chi connectivity index (χ3v) is 9.60. The van der Waals surface area contributed by atoms with Crippen molar-refractivity contribution in [2.75, 3.05) is 6.61 Å². The van der Waals surface area contributed by atoms with Gasteiger partial charge in [-0.05, 0) is 23.5 Å². The van der Waals surface area contributed by atoms with Gasteiger partial charge in [0.05, 0.1) is 6.61 Å². The molecule has 0 rings (SSSR count). The van der Waals surface area contributed by atoms with Crippen LogP contribution in [0.15, 0.2) is 12.2 Å². The predicted octanol–water partition coefficient (Wildman–Crippen LogP) is 3.82. The van der Waals surface area contributed by atoms with Crippen molar-refractivity contribution in [1.29, 1.82) is 0 Å². The van der Waals surface area contributed by atoms with E-state index in [1.54, 1.807) is 6.92 Å². The fourth-order valence-corrected chi connectivity index (χ4v) is 8.01. The van der Waals surface area contributed by atoms with Crippen LogP contribution in [0.25, 0.3) is 0 Å². The Balaban J connectivity index is 5.01. The normalized spacial score (nSPS) is 12.5. The van der Waals surface area contributed by atoms with Crippen LogP contribution in [0, 0.1) is 0 Å². The lowest BCUT2D eigenvalue weighted by Crippen LogP contribution is -2.49. The zero-order chi connectivity index (χ0) is 15.9. The maximum Gasteiger partial charge on any atom is 0.330 e. The maximum absolute atomic E-state index is 12.0. The number of rotatable bonds is 7. The molecular weight excluding hydrogens is 272 g/mol. The summed E-state index contributed by atoms with van der Waals surface area (Å²) in [5, 5.41) is 0. The molecular formula is C15H28O4Si. The van der Waals surface area contributed by atoms with Crippen molar-refractivity contribution < 1.29 is 18.8 Å². The van der Waals surface area contributed by atoms with E-state index in [0.29, 0.717) is 23.2 Å². The Morgan fingerprint density at radius 3 is 1.65 bits per heavy atom. The fraction of sp³-hybridized carbons (Fsp3) is 0.733. The van der Waals surface area contributed by atoms with Crippen LogP contribution in [-0.2, 0) is 18.8 Å². The lowest BCUT2D eigenvalue weighted by Gasteiger charge is -2.40. The van der Waals surface area contributed by atoms with Crippen molar-refractivity contribution in [3.05, 3.63) is 12.2 Å². The van der Waals surface area contributed by atoms with Crippen molar-refractivity contribution in [3.63, 3.8) is 0 Å². The van der Waals surface area contributed by atoms with Crippen molar-refractivity contribution in [2.24, 2.45) is 0 Å². The van der Waals surface area contributed by atoms with E-state index in [-0.39, 0.29) is 0 Å². The quantitative estimate of drug-likeness (QED) is 0.407. The molecule has 0 unspecified atom stereocenters. The highest BCUT2D eigenvalue weighted by Crippen LogP contribution is 2.42. The van der Waals surface area contributed by atoms with Gasteiger partial charge < -0.3 is 9.16 Å². The van der Waals surface area contributed by atoms with Crippen LogP contribution in [-0.4, -0.2) is 26.9 Å². The molecule has 0 aliphatic carbocycles. The molecule has 0 radical (unpaired) electrons. The minimum atomic E-state index is -2.23. The van der Waals surface area contributed by atoms with Gasteiger partial charge in [-0.2, -0.15) is 0 Å². The molecule has 0 saturated carbocycles. The van der Waals surface area contributed by atoms with Gasteiger partial charge in [-0.1, -0.05) is 41.5 Å². The van der Waals surface area contributed by atoms with Gasteiger partial charge in [0.2, 0.25) is 0 Å². The van der Waals surface area contributed by atoms with Gasteiger partial charge in [-0.15, -0.1) is 0 Å². The highest BCUT2D eigenvalue weighted by molar-refractivity contribution is 6.79. The van der Waals surface area contributed by atoms with E-state index >= 15 is 0 Å². The van der Waals surface area contributed by atoms with Crippen LogP contribution in [0.2, 0.25) is 16.6 Å². The second kappa shape index (κ2) is 8.24. The van der Waals surface area contributed by atoms with Crippen LogP contribution in [0.1, 0.15) is 48.5 Å². The molecule has 0 aromatic rings. The smallest absolute Gasteiger partial charge is 0.330 e. The first-order chi connectivity index (χ1) is 9.18. The maximum atomic E-state index is 12.0. The van der Waals surface area contributed by atoms with E-state index in [0.717, 1.165) is 6.08 Å². The molecule has 0 bridgehead atoms. The second-order valence-corrected chi connectivity index (χ2v) is 11.2. The van der Waals surface area contributed by atoms with Crippen LogP contribution < -0.4 is 0 Å². The largest absolute Gasteiger partial charge is 0.515 e. The summed E-state index contributed by atoms with van der Waals surface area (Å²) in [6.45, 7) is 14.6. The average molecular weight is 300 g/mol. The third-order valence-electron chi connectivity index (χ3n) is 3.63. The Hall–Kier alpha value is -1.10. The molecule has 0 spiro atoms. The molecule has 0 saturated heterocycles. The minimum Gasteiger partial charge on any atom is -0.515 e. The lowest BCUT2D eigenvalue weighted by molar-refractivity contribution is -0.138. The molecule has 0 aliphatic heterocycles. The highest BCUT2D eigenvalue weighted by atomic mass is 28.4. The summed E-state index contributed by atoms with van der Waals surface area (Å²) in [6, 6.07) is 0. The molecule has 20 heavy (non-hydrogen) atoms. The molecule has 4 nitrogen and oxygen atoms in total. The summed E-state index contributed by atoms with van der Waals surface area (Å²) in [6.07, 6.45) is 2.30. The Bertz CT molecular complexity index is 337. The molecule has 0 aliphatic rings. The molecule has 0 amide bonds. The van der Waals surface area contributed by atoms with Gasteiger partial charge >= 0.3 is 11.9 Å². The number of esters is 1. The van der Waals surface area contributed by atoms with Gasteiger partial charge in [0, 0.05) is 12.2 Å². The fourth-order valence-electron chi connectivity index (χ4n) is 2.89. The van der Waals surface area contributed by atoms with Crippen molar-refractivity contribution in [2.45, 2.75) is 65.1 Å². The standard InChI is InChI=1S/C15H28O4Si/c1-8-18-14(16)9-10-15(17)19-20(11(2)3,12(4)5)13(6)7/h9-13H,8H2,1-7H3/b10-9-. The summed E-state index contributed by atoms with van der Waals surface area (Å²) in [7, 11) is -2.23. The van der Waals surface area contributed by atoms with Crippen molar-refractivity contribution >= 4 is 20.3 Å². The van der Waals surface area contributed by atoms with E-state index in [4.69, 9.17) is 9.16 Å². The number of hydrogen-bond acceptors (Lipinski definition) is 4. The first kappa shape index (κ1) is 18.9. The second-order valence-electron chi connectivity index (χ2n) is 5.82. The lowest BCUT2D eigenvalue weighted by atomic mass is 10.5. The summed E-state index contributed by atoms with van der Waals surface area (Å²) in [5.74, 6) is -0.962. The van der Waals surface area contributed by atoms with Crippen LogP contribution in [0.5, 0.6) is 0 Å². The van der Waals surface area contributed by atoms with Gasteiger partial charge in [0.25, 0.3) is 8.32 Å². The summed E-state index contributed by atoms with van der Waals surface area (Å²) < 4.78 is 10.6. The van der Waals surface area contributed by atoms with E-state index < -0.39 is 20.3 Å². The first-order valence-corrected chi connectivity index (χ1v) is 9.40. The Morgan fingerprint density at radius 1 is 0.900 bits per heavy atom. The topological polar surface area (TPSA) is 52.6 Å². The first-order valence-electron chi connectivity index (χ1n) is 7.26. The Labute approximate surface area is 123 Å². The minimum absolute atomic E-state index is 0.293. The van der Waals surface area contributed by atoms with Crippen LogP contribution in [0.3, 0.4) is 0 Å². The van der Waals surface area contributed by atoms with Crippen LogP contribution >= 0.6 is 0 Å². The van der Waals surface area contributed by atoms with Gasteiger partial charge in [0.1, 0.15) is 0 Å². The zero-order valence-electron chi connectivity index (χ0n) is 13.7. The van der Waals surface area contributed by atoms with E-state index in [9.17, 15) is 9.59 Å². The number of carbonyl (C=O) groups excluding carboxylic acids is 2. The summed E-state index contributed by atoms with van der Waals surface area (Å²) >= 11 is 0. The zero-order valence-corrected chi connectivity index (χ0v) is 14.7. The summed E-state index contributed by atoms with van der Waals surface area (Å²) in [5.41, 5.74) is 0.965. The molecule has 0 aromatic carbocycles. The summed E-state index contributed by atoms with van der Waals surface area (Å²) in [4.78, 5) is 23.2. The molecule has 0 atom stereocenters. The van der Waals surface area contributed by atoms with Crippen molar-refractivity contribution in [3.8, 4) is 0 Å². The monoisotopic (exact) mass is 300 g/mol.